The molecule has 0 saturated carbocycles. The molecule has 8 heteroatoms. The summed E-state index contributed by atoms with van der Waals surface area (Å²) >= 11 is 0. The monoisotopic (exact) mass is 352 g/mol. The summed E-state index contributed by atoms with van der Waals surface area (Å²) in [7, 11) is 0. The second-order valence-corrected chi connectivity index (χ2v) is 5.29. The molecule has 1 aromatic carbocycles. The zero-order valence-corrected chi connectivity index (χ0v) is 13.3. The summed E-state index contributed by atoms with van der Waals surface area (Å²) in [5.41, 5.74) is 0.710. The minimum absolute atomic E-state index is 0. The van der Waals surface area contributed by atoms with Crippen molar-refractivity contribution in [3.63, 3.8) is 0 Å². The van der Waals surface area contributed by atoms with Gasteiger partial charge in [-0.1, -0.05) is 12.1 Å². The van der Waals surface area contributed by atoms with Crippen molar-refractivity contribution in [1.82, 2.24) is 10.6 Å². The molecule has 2 N–H and O–H groups in total. The molecule has 0 spiro atoms. The van der Waals surface area contributed by atoms with Gasteiger partial charge in [0.05, 0.1) is 0 Å². The minimum atomic E-state index is -4.36. The molecule has 1 aromatic rings. The molecular formula is C15H20ClF3N2O2. The van der Waals surface area contributed by atoms with E-state index in [9.17, 15) is 18.0 Å². The van der Waals surface area contributed by atoms with Crippen LogP contribution in [-0.4, -0.2) is 31.8 Å². The van der Waals surface area contributed by atoms with E-state index in [0.29, 0.717) is 5.56 Å². The lowest BCUT2D eigenvalue weighted by atomic mass is 9.97. The Morgan fingerprint density at radius 2 is 2.00 bits per heavy atom. The van der Waals surface area contributed by atoms with Gasteiger partial charge in [0.25, 0.3) is 0 Å². The van der Waals surface area contributed by atoms with Crippen molar-refractivity contribution in [2.75, 3.05) is 19.7 Å². The van der Waals surface area contributed by atoms with Crippen molar-refractivity contribution in [3.05, 3.63) is 29.8 Å². The lowest BCUT2D eigenvalue weighted by molar-refractivity contribution is -0.153. The van der Waals surface area contributed by atoms with E-state index in [0.717, 1.165) is 25.9 Å². The van der Waals surface area contributed by atoms with Gasteiger partial charge < -0.3 is 15.4 Å². The number of nitrogens with one attached hydrogen (secondary N) is 2. The Bertz CT molecular complexity index is 506. The van der Waals surface area contributed by atoms with E-state index in [-0.39, 0.29) is 36.5 Å². The molecule has 1 amide bonds. The number of rotatable bonds is 5. The Kier molecular flexibility index (Phi) is 7.64. The third kappa shape index (κ3) is 7.09. The van der Waals surface area contributed by atoms with E-state index in [1.165, 1.54) is 12.1 Å². The second kappa shape index (κ2) is 8.98. The van der Waals surface area contributed by atoms with Crippen LogP contribution in [0.5, 0.6) is 5.75 Å². The lowest BCUT2D eigenvalue weighted by Gasteiger charge is -2.21. The summed E-state index contributed by atoms with van der Waals surface area (Å²) < 4.78 is 41.0. The highest BCUT2D eigenvalue weighted by Crippen LogP contribution is 2.19. The summed E-state index contributed by atoms with van der Waals surface area (Å²) in [5.74, 6) is 0.139. The normalized spacial score (nSPS) is 15.6. The Labute approximate surface area is 139 Å². The molecular weight excluding hydrogens is 333 g/mol. The molecule has 0 aromatic heterocycles. The molecule has 2 rings (SSSR count). The summed E-state index contributed by atoms with van der Waals surface area (Å²) in [6.07, 6.45) is -2.75. The lowest BCUT2D eigenvalue weighted by Crippen LogP contribution is -2.37. The number of carbonyl (C=O) groups excluding carboxylic acids is 1. The van der Waals surface area contributed by atoms with Gasteiger partial charge in [0.15, 0.2) is 6.61 Å². The van der Waals surface area contributed by atoms with Crippen molar-refractivity contribution in [2.24, 2.45) is 5.92 Å². The number of amides is 1. The van der Waals surface area contributed by atoms with Crippen molar-refractivity contribution in [2.45, 2.75) is 25.6 Å². The van der Waals surface area contributed by atoms with Crippen LogP contribution in [0.3, 0.4) is 0 Å². The fourth-order valence-electron chi connectivity index (χ4n) is 2.33. The second-order valence-electron chi connectivity index (χ2n) is 5.29. The predicted molar refractivity (Wildman–Crippen MR) is 82.7 cm³/mol. The molecule has 1 saturated heterocycles. The number of alkyl halides is 3. The first-order valence-electron chi connectivity index (χ1n) is 7.21. The topological polar surface area (TPSA) is 50.4 Å². The van der Waals surface area contributed by atoms with Crippen molar-refractivity contribution < 1.29 is 22.7 Å². The van der Waals surface area contributed by atoms with Crippen molar-refractivity contribution in [1.29, 1.82) is 0 Å². The molecule has 0 atom stereocenters. The van der Waals surface area contributed by atoms with Crippen LogP contribution in [0.4, 0.5) is 13.2 Å². The van der Waals surface area contributed by atoms with Crippen LogP contribution >= 0.6 is 12.4 Å². The number of piperidine rings is 1. The number of benzene rings is 1. The van der Waals surface area contributed by atoms with Crippen molar-refractivity contribution >= 4 is 18.3 Å². The van der Waals surface area contributed by atoms with E-state index in [1.807, 2.05) is 0 Å². The van der Waals surface area contributed by atoms with Crippen molar-refractivity contribution in [3.8, 4) is 5.75 Å². The highest BCUT2D eigenvalue weighted by Gasteiger charge is 2.28. The number of hydrogen-bond donors (Lipinski definition) is 2. The summed E-state index contributed by atoms with van der Waals surface area (Å²) in [5, 5.41) is 6.01. The average Bonchev–Trinajstić information content (AvgIpc) is 2.51. The molecule has 0 bridgehead atoms. The third-order valence-electron chi connectivity index (χ3n) is 3.48. The first-order chi connectivity index (χ1) is 10.4. The fraction of sp³-hybridized carbons (Fsp3) is 0.533. The van der Waals surface area contributed by atoms with Gasteiger partial charge in [-0.05, 0) is 43.6 Å². The molecule has 0 aliphatic carbocycles. The van der Waals surface area contributed by atoms with Crippen LogP contribution in [0.2, 0.25) is 0 Å². The van der Waals surface area contributed by atoms with Crippen LogP contribution in [0.15, 0.2) is 24.3 Å². The van der Waals surface area contributed by atoms with Gasteiger partial charge in [-0.15, -0.1) is 12.4 Å². The molecule has 4 nitrogen and oxygen atoms in total. The summed E-state index contributed by atoms with van der Waals surface area (Å²) in [6.45, 7) is 0.627. The largest absolute Gasteiger partial charge is 0.484 e. The van der Waals surface area contributed by atoms with Gasteiger partial charge in [-0.3, -0.25) is 4.79 Å². The molecule has 0 unspecified atom stereocenters. The summed E-state index contributed by atoms with van der Waals surface area (Å²) in [4.78, 5) is 12.0. The average molecular weight is 353 g/mol. The molecule has 130 valence electrons. The molecule has 1 aliphatic heterocycles. The predicted octanol–water partition coefficient (Wildman–Crippen LogP) is 2.67. The maximum atomic E-state index is 12.1. The van der Waals surface area contributed by atoms with Crippen LogP contribution in [0.1, 0.15) is 18.4 Å². The van der Waals surface area contributed by atoms with E-state index in [4.69, 9.17) is 0 Å². The Hall–Kier alpha value is -1.47. The Morgan fingerprint density at radius 1 is 1.30 bits per heavy atom. The summed E-state index contributed by atoms with van der Waals surface area (Å²) in [6, 6.07) is 6.32. The van der Waals surface area contributed by atoms with E-state index in [2.05, 4.69) is 15.4 Å². The van der Waals surface area contributed by atoms with Gasteiger partial charge in [-0.2, -0.15) is 13.2 Å². The van der Waals surface area contributed by atoms with Gasteiger partial charge in [0.2, 0.25) is 5.91 Å². The van der Waals surface area contributed by atoms with Crippen LogP contribution in [0.25, 0.3) is 0 Å². The SMILES string of the molecule is Cl.O=C(NCc1cccc(OCC(F)(F)F)c1)C1CCNCC1. The zero-order valence-electron chi connectivity index (χ0n) is 12.5. The highest BCUT2D eigenvalue weighted by molar-refractivity contribution is 5.85. The molecule has 1 heterocycles. The van der Waals surface area contributed by atoms with E-state index >= 15 is 0 Å². The van der Waals surface area contributed by atoms with Crippen LogP contribution < -0.4 is 15.4 Å². The zero-order chi connectivity index (χ0) is 16.0. The highest BCUT2D eigenvalue weighted by atomic mass is 35.5. The van der Waals surface area contributed by atoms with Gasteiger partial charge in [0, 0.05) is 12.5 Å². The molecule has 1 fully saturated rings. The molecule has 0 radical (unpaired) electrons. The number of carbonyl (C=O) groups is 1. The molecule has 1 aliphatic rings. The maximum Gasteiger partial charge on any atom is 0.422 e. The van der Waals surface area contributed by atoms with Gasteiger partial charge >= 0.3 is 6.18 Å². The maximum absolute atomic E-state index is 12.1. The van der Waals surface area contributed by atoms with Gasteiger partial charge in [-0.25, -0.2) is 0 Å². The standard InChI is InChI=1S/C15H19F3N2O2.ClH/c16-15(17,18)10-22-13-3-1-2-11(8-13)9-20-14(21)12-4-6-19-7-5-12;/h1-3,8,12,19H,4-7,9-10H2,(H,20,21);1H. The van der Waals surface area contributed by atoms with Crippen LogP contribution in [-0.2, 0) is 11.3 Å². The van der Waals surface area contributed by atoms with E-state index in [1.54, 1.807) is 12.1 Å². The first-order valence-corrected chi connectivity index (χ1v) is 7.21. The molecule has 23 heavy (non-hydrogen) atoms. The van der Waals surface area contributed by atoms with Crippen LogP contribution in [0, 0.1) is 5.92 Å². The minimum Gasteiger partial charge on any atom is -0.484 e. The quantitative estimate of drug-likeness (QED) is 0.856. The smallest absolute Gasteiger partial charge is 0.422 e. The third-order valence-corrected chi connectivity index (χ3v) is 3.48. The van der Waals surface area contributed by atoms with E-state index < -0.39 is 12.8 Å². The Balaban J connectivity index is 0.00000264. The first kappa shape index (κ1) is 19.6. The number of hydrogen-bond acceptors (Lipinski definition) is 3. The number of halogens is 4. The Morgan fingerprint density at radius 3 is 2.65 bits per heavy atom. The number of ether oxygens (including phenoxy) is 1. The fourth-order valence-corrected chi connectivity index (χ4v) is 2.33. The van der Waals surface area contributed by atoms with Gasteiger partial charge in [0.1, 0.15) is 5.75 Å².